The smallest absolute Gasteiger partial charge is 0.0498 e. The largest absolute Gasteiger partial charge is 0.348 e. The molecule has 0 aliphatic carbocycles. The lowest BCUT2D eigenvalue weighted by Crippen LogP contribution is -2.06. The minimum absolute atomic E-state index is 0.791. The third kappa shape index (κ3) is 1.64. The Hall–Kier alpha value is -0.990. The van der Waals surface area contributed by atoms with E-state index in [2.05, 4.69) is 29.9 Å². The molecule has 80 valence electrons. The number of fused-ring (bicyclic) bond motifs is 1. The van der Waals surface area contributed by atoms with Gasteiger partial charge >= 0.3 is 0 Å². The molecule has 1 aromatic carbocycles. The summed E-state index contributed by atoms with van der Waals surface area (Å²) in [4.78, 5) is 0. The minimum Gasteiger partial charge on any atom is -0.348 e. The van der Waals surface area contributed by atoms with E-state index in [1.54, 1.807) is 0 Å². The lowest BCUT2D eigenvalue weighted by atomic mass is 10.1. The monoisotopic (exact) mass is 222 g/mol. The fraction of sp³-hybridized carbons (Fsp3) is 0.333. The Morgan fingerprint density at radius 1 is 1.40 bits per heavy atom. The van der Waals surface area contributed by atoms with Crippen LogP contribution in [0.4, 0.5) is 0 Å². The fourth-order valence-electron chi connectivity index (χ4n) is 2.02. The van der Waals surface area contributed by atoms with Gasteiger partial charge in [-0.25, -0.2) is 0 Å². The van der Waals surface area contributed by atoms with Gasteiger partial charge in [0.25, 0.3) is 0 Å². The van der Waals surface area contributed by atoms with Crippen LogP contribution >= 0.6 is 11.6 Å². The molecule has 0 fully saturated rings. The maximum Gasteiger partial charge on any atom is 0.0498 e. The SMILES string of the molecule is CNCc1c(C)n(C)c2cc(Cl)ccc12. The van der Waals surface area contributed by atoms with Crippen molar-refractivity contribution in [3.8, 4) is 0 Å². The van der Waals surface area contributed by atoms with Crippen LogP contribution in [0.2, 0.25) is 5.02 Å². The zero-order valence-electron chi connectivity index (χ0n) is 9.26. The molecule has 0 bridgehead atoms. The summed E-state index contributed by atoms with van der Waals surface area (Å²) < 4.78 is 2.19. The molecule has 0 saturated carbocycles. The molecule has 0 aliphatic rings. The maximum absolute atomic E-state index is 6.00. The lowest BCUT2D eigenvalue weighted by molar-refractivity contribution is 0.801. The van der Waals surface area contributed by atoms with Gasteiger partial charge in [-0.05, 0) is 31.7 Å². The van der Waals surface area contributed by atoms with Crippen molar-refractivity contribution < 1.29 is 0 Å². The predicted molar refractivity (Wildman–Crippen MR) is 65.4 cm³/mol. The zero-order valence-corrected chi connectivity index (χ0v) is 10.0. The molecule has 0 unspecified atom stereocenters. The second-order valence-corrected chi connectivity index (χ2v) is 4.25. The van der Waals surface area contributed by atoms with Crippen LogP contribution in [0.3, 0.4) is 0 Å². The van der Waals surface area contributed by atoms with Crippen molar-refractivity contribution in [1.29, 1.82) is 0 Å². The number of rotatable bonds is 2. The first-order valence-electron chi connectivity index (χ1n) is 5.03. The van der Waals surface area contributed by atoms with Gasteiger partial charge in [0.1, 0.15) is 0 Å². The van der Waals surface area contributed by atoms with Crippen LogP contribution in [0.15, 0.2) is 18.2 Å². The average Bonchev–Trinajstić information content (AvgIpc) is 2.44. The Morgan fingerprint density at radius 2 is 2.13 bits per heavy atom. The van der Waals surface area contributed by atoms with Crippen LogP contribution in [0.5, 0.6) is 0 Å². The lowest BCUT2D eigenvalue weighted by Gasteiger charge is -2.00. The molecule has 1 heterocycles. The van der Waals surface area contributed by atoms with E-state index in [0.717, 1.165) is 11.6 Å². The number of nitrogens with one attached hydrogen (secondary N) is 1. The summed E-state index contributed by atoms with van der Waals surface area (Å²) in [5.41, 5.74) is 3.85. The van der Waals surface area contributed by atoms with E-state index in [0.29, 0.717) is 0 Å². The highest BCUT2D eigenvalue weighted by Crippen LogP contribution is 2.27. The molecule has 0 saturated heterocycles. The van der Waals surface area contributed by atoms with Gasteiger partial charge in [-0.1, -0.05) is 17.7 Å². The summed E-state index contributed by atoms with van der Waals surface area (Å²) in [5.74, 6) is 0. The van der Waals surface area contributed by atoms with Crippen LogP contribution < -0.4 is 5.32 Å². The van der Waals surface area contributed by atoms with Gasteiger partial charge in [0.05, 0.1) is 0 Å². The molecule has 2 nitrogen and oxygen atoms in total. The molecule has 0 atom stereocenters. The summed E-state index contributed by atoms with van der Waals surface area (Å²) >= 11 is 6.00. The van der Waals surface area contributed by atoms with E-state index in [9.17, 15) is 0 Å². The topological polar surface area (TPSA) is 17.0 Å². The summed E-state index contributed by atoms with van der Waals surface area (Å²) in [6, 6.07) is 6.06. The number of nitrogens with zero attached hydrogens (tertiary/aromatic N) is 1. The van der Waals surface area contributed by atoms with Crippen molar-refractivity contribution in [3.05, 3.63) is 34.5 Å². The van der Waals surface area contributed by atoms with Gasteiger partial charge in [0, 0.05) is 35.2 Å². The van der Waals surface area contributed by atoms with Crippen LogP contribution in [-0.2, 0) is 13.6 Å². The van der Waals surface area contributed by atoms with Crippen LogP contribution in [-0.4, -0.2) is 11.6 Å². The number of hydrogen-bond donors (Lipinski definition) is 1. The maximum atomic E-state index is 6.00. The van der Waals surface area contributed by atoms with Gasteiger partial charge < -0.3 is 9.88 Å². The first-order valence-corrected chi connectivity index (χ1v) is 5.41. The van der Waals surface area contributed by atoms with E-state index in [-0.39, 0.29) is 0 Å². The van der Waals surface area contributed by atoms with Crippen molar-refractivity contribution in [1.82, 2.24) is 9.88 Å². The molecule has 0 amide bonds. The molecule has 1 aromatic heterocycles. The molecule has 0 aliphatic heterocycles. The molecule has 1 N–H and O–H groups in total. The third-order valence-electron chi connectivity index (χ3n) is 2.94. The van der Waals surface area contributed by atoms with Crippen molar-refractivity contribution in [2.75, 3.05) is 7.05 Å². The Morgan fingerprint density at radius 3 is 2.80 bits per heavy atom. The summed E-state index contributed by atoms with van der Waals surface area (Å²) in [5, 5.41) is 5.28. The molecule has 2 aromatic rings. The number of benzene rings is 1. The van der Waals surface area contributed by atoms with Crippen LogP contribution in [0, 0.1) is 6.92 Å². The third-order valence-corrected chi connectivity index (χ3v) is 3.17. The van der Waals surface area contributed by atoms with Crippen molar-refractivity contribution in [2.45, 2.75) is 13.5 Å². The summed E-state index contributed by atoms with van der Waals surface area (Å²) in [6.07, 6.45) is 0. The number of hydrogen-bond acceptors (Lipinski definition) is 1. The highest BCUT2D eigenvalue weighted by molar-refractivity contribution is 6.31. The van der Waals surface area contributed by atoms with E-state index < -0.39 is 0 Å². The Kier molecular flexibility index (Phi) is 2.72. The van der Waals surface area contributed by atoms with Gasteiger partial charge in [-0.15, -0.1) is 0 Å². The molecule has 15 heavy (non-hydrogen) atoms. The fourth-order valence-corrected chi connectivity index (χ4v) is 2.18. The average molecular weight is 223 g/mol. The molecule has 2 rings (SSSR count). The highest BCUT2D eigenvalue weighted by Gasteiger charge is 2.10. The van der Waals surface area contributed by atoms with E-state index >= 15 is 0 Å². The Labute approximate surface area is 94.8 Å². The molecule has 0 spiro atoms. The van der Waals surface area contributed by atoms with E-state index in [1.807, 2.05) is 19.2 Å². The second kappa shape index (κ2) is 3.87. The predicted octanol–water partition coefficient (Wildman–Crippen LogP) is 2.86. The molecular formula is C12H15ClN2. The Balaban J connectivity index is 2.75. The first-order chi connectivity index (χ1) is 7.15. The quantitative estimate of drug-likeness (QED) is 0.827. The normalized spacial score (nSPS) is 11.2. The molecule has 0 radical (unpaired) electrons. The van der Waals surface area contributed by atoms with E-state index in [1.165, 1.54) is 22.2 Å². The van der Waals surface area contributed by atoms with Crippen molar-refractivity contribution >= 4 is 22.5 Å². The molecular weight excluding hydrogens is 208 g/mol. The van der Waals surface area contributed by atoms with Gasteiger partial charge in [0.2, 0.25) is 0 Å². The van der Waals surface area contributed by atoms with Crippen molar-refractivity contribution in [2.24, 2.45) is 7.05 Å². The first kappa shape index (κ1) is 10.5. The standard InChI is InChI=1S/C12H15ClN2/c1-8-11(7-14-2)10-5-4-9(13)6-12(10)15(8)3/h4-6,14H,7H2,1-3H3. The number of aromatic nitrogens is 1. The van der Waals surface area contributed by atoms with Gasteiger partial charge in [-0.2, -0.15) is 0 Å². The van der Waals surface area contributed by atoms with Gasteiger partial charge in [-0.3, -0.25) is 0 Å². The van der Waals surface area contributed by atoms with Crippen LogP contribution in [0.1, 0.15) is 11.3 Å². The number of aryl methyl sites for hydroxylation is 1. The summed E-state index contributed by atoms with van der Waals surface area (Å²) in [6.45, 7) is 3.03. The Bertz CT molecular complexity index is 500. The van der Waals surface area contributed by atoms with Crippen molar-refractivity contribution in [3.63, 3.8) is 0 Å². The minimum atomic E-state index is 0.791. The van der Waals surface area contributed by atoms with Crippen LogP contribution in [0.25, 0.3) is 10.9 Å². The van der Waals surface area contributed by atoms with Gasteiger partial charge in [0.15, 0.2) is 0 Å². The molecule has 3 heteroatoms. The highest BCUT2D eigenvalue weighted by atomic mass is 35.5. The summed E-state index contributed by atoms with van der Waals surface area (Å²) in [7, 11) is 4.04. The second-order valence-electron chi connectivity index (χ2n) is 3.81. The van der Waals surface area contributed by atoms with E-state index in [4.69, 9.17) is 11.6 Å². The number of halogens is 1. The zero-order chi connectivity index (χ0) is 11.0.